The predicted octanol–water partition coefficient (Wildman–Crippen LogP) is 18.0. The fourth-order valence-electron chi connectivity index (χ4n) is 6.05. The van der Waals surface area contributed by atoms with Crippen molar-refractivity contribution >= 4 is 0 Å². The molecular formula is C56H96N2. The summed E-state index contributed by atoms with van der Waals surface area (Å²) in [5.41, 5.74) is 13.9. The minimum atomic E-state index is 0.657. The lowest BCUT2D eigenvalue weighted by Gasteiger charge is -2.24. The fraction of sp³-hybridized carbons (Fsp3) is 0.571. The molecule has 0 fully saturated rings. The molecular weight excluding hydrogens is 701 g/mol. The largest absolute Gasteiger partial charge is 0.385 e. The van der Waals surface area contributed by atoms with E-state index in [1.807, 2.05) is 20.8 Å². The average Bonchev–Trinajstić information content (AvgIpc) is 3.16. The van der Waals surface area contributed by atoms with E-state index in [2.05, 4.69) is 149 Å². The molecule has 0 heterocycles. The molecule has 0 saturated heterocycles. The Bertz CT molecular complexity index is 1370. The number of aryl methyl sites for hydroxylation is 1. The van der Waals surface area contributed by atoms with Gasteiger partial charge in [-0.1, -0.05) is 203 Å². The minimum absolute atomic E-state index is 0.657. The molecule has 1 aromatic rings. The van der Waals surface area contributed by atoms with Crippen LogP contribution >= 0.6 is 0 Å². The number of allylic oxidation sites excluding steroid dienone is 10. The fourth-order valence-corrected chi connectivity index (χ4v) is 6.05. The molecule has 0 saturated carbocycles. The van der Waals surface area contributed by atoms with Crippen LogP contribution in [0.25, 0.3) is 0 Å². The van der Waals surface area contributed by atoms with Crippen LogP contribution in [0.5, 0.6) is 0 Å². The number of unbranched alkanes of at least 4 members (excludes halogenated alkanes) is 11. The van der Waals surface area contributed by atoms with E-state index in [0.717, 1.165) is 49.9 Å². The lowest BCUT2D eigenvalue weighted by molar-refractivity contribution is 0.536. The van der Waals surface area contributed by atoms with Crippen LogP contribution < -0.4 is 10.6 Å². The van der Waals surface area contributed by atoms with E-state index in [4.69, 9.17) is 0 Å². The van der Waals surface area contributed by atoms with E-state index in [9.17, 15) is 0 Å². The summed E-state index contributed by atoms with van der Waals surface area (Å²) in [7, 11) is 0. The number of rotatable bonds is 24. The van der Waals surface area contributed by atoms with Crippen molar-refractivity contribution in [2.24, 2.45) is 5.92 Å². The van der Waals surface area contributed by atoms with Gasteiger partial charge in [0.1, 0.15) is 0 Å². The summed E-state index contributed by atoms with van der Waals surface area (Å²) in [6.07, 6.45) is 28.1. The number of benzene rings is 1. The molecule has 0 unspecified atom stereocenters. The zero-order valence-electron chi connectivity index (χ0n) is 40.8. The van der Waals surface area contributed by atoms with Gasteiger partial charge in [0.2, 0.25) is 0 Å². The van der Waals surface area contributed by atoms with Crippen molar-refractivity contribution in [2.45, 2.75) is 199 Å². The Morgan fingerprint density at radius 2 is 1.19 bits per heavy atom. The predicted molar refractivity (Wildman–Crippen MR) is 270 cm³/mol. The van der Waals surface area contributed by atoms with Crippen LogP contribution in [0.1, 0.15) is 197 Å². The van der Waals surface area contributed by atoms with E-state index in [1.54, 1.807) is 6.08 Å². The average molecular weight is 797 g/mol. The third-order valence-electron chi connectivity index (χ3n) is 9.44. The normalized spacial score (nSPS) is 11.4. The zero-order valence-corrected chi connectivity index (χ0v) is 40.8. The van der Waals surface area contributed by atoms with Crippen LogP contribution in [0.3, 0.4) is 0 Å². The quantitative estimate of drug-likeness (QED) is 0.0619. The molecule has 0 aromatic heterocycles. The number of nitrogens with one attached hydrogen (secondary N) is 2. The Kier molecular flexibility index (Phi) is 40.8. The molecule has 2 rings (SSSR count). The van der Waals surface area contributed by atoms with Crippen molar-refractivity contribution in [1.82, 2.24) is 10.6 Å². The van der Waals surface area contributed by atoms with Gasteiger partial charge in [-0.3, -0.25) is 0 Å². The van der Waals surface area contributed by atoms with Crippen molar-refractivity contribution in [2.75, 3.05) is 6.54 Å². The van der Waals surface area contributed by atoms with Gasteiger partial charge in [0.25, 0.3) is 0 Å². The van der Waals surface area contributed by atoms with Crippen LogP contribution in [0.2, 0.25) is 0 Å². The Hall–Kier alpha value is -3.52. The third kappa shape index (κ3) is 36.8. The molecule has 58 heavy (non-hydrogen) atoms. The lowest BCUT2D eigenvalue weighted by atomic mass is 9.87. The summed E-state index contributed by atoms with van der Waals surface area (Å²) in [5.74, 6) is 0.657. The van der Waals surface area contributed by atoms with Gasteiger partial charge in [-0.05, 0) is 115 Å². The molecule has 0 bridgehead atoms. The molecule has 1 aliphatic carbocycles. The standard InChI is InChI=1S/C37H58N2.C7H12.C6H12.C3H8.C3H6/c1-7-33-23-20-24-34(28-33)29-39-32(6)22-18-16-14-12-10-8-9-11-13-15-17-19-27-38-36-26-21-25-35(30(2)3)37(36)31(4)5;1-6(2)5-7(3)4;1-5(2)6(3)4;2*1-3-2/h20,23-24,26,28,38-39H,2,4,6-19,21-22,25,27,29H2,1,3,5H3;5H,1H2,2-4H3;6H,1H2,2-4H3;3H2,1-2H3;3H,1H2,2H3. The van der Waals surface area contributed by atoms with Gasteiger partial charge in [0.05, 0.1) is 0 Å². The summed E-state index contributed by atoms with van der Waals surface area (Å²) >= 11 is 0. The van der Waals surface area contributed by atoms with Crippen LogP contribution in [0.4, 0.5) is 0 Å². The second kappa shape index (κ2) is 40.3. The first-order chi connectivity index (χ1) is 27.5. The van der Waals surface area contributed by atoms with Crippen molar-refractivity contribution < 1.29 is 0 Å². The van der Waals surface area contributed by atoms with E-state index in [0.29, 0.717) is 5.92 Å². The highest BCUT2D eigenvalue weighted by atomic mass is 14.9. The van der Waals surface area contributed by atoms with Crippen molar-refractivity contribution in [3.8, 4) is 0 Å². The highest BCUT2D eigenvalue weighted by molar-refractivity contribution is 5.54. The first kappa shape index (κ1) is 58.8. The molecule has 1 aromatic carbocycles. The van der Waals surface area contributed by atoms with E-state index in [-0.39, 0.29) is 0 Å². The Morgan fingerprint density at radius 3 is 1.59 bits per heavy atom. The number of hydrogen-bond donors (Lipinski definition) is 2. The summed E-state index contributed by atoms with van der Waals surface area (Å²) in [5, 5.41) is 7.21. The van der Waals surface area contributed by atoms with Gasteiger partial charge in [0, 0.05) is 30.1 Å². The summed E-state index contributed by atoms with van der Waals surface area (Å²) in [6.45, 7) is 50.4. The van der Waals surface area contributed by atoms with E-state index < -0.39 is 0 Å². The molecule has 0 amide bonds. The van der Waals surface area contributed by atoms with Gasteiger partial charge in [-0.15, -0.1) is 6.58 Å². The smallest absolute Gasteiger partial charge is 0.0397 e. The topological polar surface area (TPSA) is 24.1 Å². The molecule has 2 heteroatoms. The van der Waals surface area contributed by atoms with E-state index in [1.165, 1.54) is 134 Å². The Morgan fingerprint density at radius 1 is 0.724 bits per heavy atom. The Balaban J connectivity index is -0.00000132. The maximum atomic E-state index is 4.23. The molecule has 0 atom stereocenters. The summed E-state index contributed by atoms with van der Waals surface area (Å²) in [6, 6.07) is 8.86. The maximum Gasteiger partial charge on any atom is 0.0397 e. The molecule has 0 spiro atoms. The third-order valence-corrected chi connectivity index (χ3v) is 9.44. The van der Waals surface area contributed by atoms with Crippen molar-refractivity contribution in [3.63, 3.8) is 0 Å². The van der Waals surface area contributed by atoms with Crippen LogP contribution in [0, 0.1) is 5.92 Å². The molecule has 2 nitrogen and oxygen atoms in total. The molecule has 330 valence electrons. The van der Waals surface area contributed by atoms with Crippen molar-refractivity contribution in [3.05, 3.63) is 143 Å². The van der Waals surface area contributed by atoms with Crippen LogP contribution in [0.15, 0.2) is 132 Å². The molecule has 0 radical (unpaired) electrons. The molecule has 2 N–H and O–H groups in total. The summed E-state index contributed by atoms with van der Waals surface area (Å²) < 4.78 is 0. The number of hydrogen-bond acceptors (Lipinski definition) is 2. The molecule has 0 aliphatic heterocycles. The van der Waals surface area contributed by atoms with Gasteiger partial charge in [-0.2, -0.15) is 0 Å². The monoisotopic (exact) mass is 797 g/mol. The first-order valence-corrected chi connectivity index (χ1v) is 23.0. The highest BCUT2D eigenvalue weighted by Gasteiger charge is 2.16. The summed E-state index contributed by atoms with van der Waals surface area (Å²) in [4.78, 5) is 0. The van der Waals surface area contributed by atoms with Crippen LogP contribution in [-0.4, -0.2) is 6.54 Å². The lowest BCUT2D eigenvalue weighted by Crippen LogP contribution is -2.20. The SMILES string of the molecule is C=C(C)C(C)C.C=C(C)C=C(C)C.C=C(CCCCCCCCCCCCCCNC1=CCCC(C(=C)C)=C1C(=C)C)NCc1cccc(CC)c1.C=CC.CCC. The molecule has 1 aliphatic rings. The van der Waals surface area contributed by atoms with E-state index >= 15 is 0 Å². The van der Waals surface area contributed by atoms with Crippen molar-refractivity contribution in [1.29, 1.82) is 0 Å². The highest BCUT2D eigenvalue weighted by Crippen LogP contribution is 2.32. The van der Waals surface area contributed by atoms with Gasteiger partial charge in [-0.25, -0.2) is 0 Å². The second-order valence-electron chi connectivity index (χ2n) is 16.8. The minimum Gasteiger partial charge on any atom is -0.385 e. The first-order valence-electron chi connectivity index (χ1n) is 23.0. The van der Waals surface area contributed by atoms with Gasteiger partial charge < -0.3 is 10.6 Å². The van der Waals surface area contributed by atoms with Crippen LogP contribution in [-0.2, 0) is 13.0 Å². The second-order valence-corrected chi connectivity index (χ2v) is 16.8. The zero-order chi connectivity index (χ0) is 44.7. The van der Waals surface area contributed by atoms with Gasteiger partial charge in [0.15, 0.2) is 0 Å². The Labute approximate surface area is 364 Å². The van der Waals surface area contributed by atoms with Gasteiger partial charge >= 0.3 is 0 Å². The maximum absolute atomic E-state index is 4.23.